The molecular formula is C15H11F3N4OS. The highest BCUT2D eigenvalue weighted by atomic mass is 32.1. The van der Waals surface area contributed by atoms with Crippen molar-refractivity contribution in [2.24, 2.45) is 7.05 Å². The number of carbonyl (C=O) groups excluding carboxylic acids is 1. The van der Waals surface area contributed by atoms with E-state index in [1.807, 2.05) is 0 Å². The third-order valence-corrected chi connectivity index (χ3v) is 4.03. The SMILES string of the molecule is Cn1cc(-c2nc(C(=O)Nc3ccccc3F)cs2)c(C(F)F)n1. The zero-order valence-corrected chi connectivity index (χ0v) is 13.1. The van der Waals surface area contributed by atoms with E-state index in [2.05, 4.69) is 15.4 Å². The van der Waals surface area contributed by atoms with Crippen molar-refractivity contribution < 1.29 is 18.0 Å². The second-order valence-electron chi connectivity index (χ2n) is 4.87. The van der Waals surface area contributed by atoms with Gasteiger partial charge in [0.1, 0.15) is 22.2 Å². The number of aryl methyl sites for hydroxylation is 1. The Morgan fingerprint density at radius 1 is 1.33 bits per heavy atom. The smallest absolute Gasteiger partial charge is 0.282 e. The van der Waals surface area contributed by atoms with Crippen LogP contribution in [0, 0.1) is 5.82 Å². The molecule has 9 heteroatoms. The fraction of sp³-hybridized carbons (Fsp3) is 0.133. The van der Waals surface area contributed by atoms with Crippen molar-refractivity contribution in [3.63, 3.8) is 0 Å². The first-order valence-corrected chi connectivity index (χ1v) is 7.67. The van der Waals surface area contributed by atoms with E-state index < -0.39 is 23.8 Å². The molecule has 0 fully saturated rings. The Bertz CT molecular complexity index is 890. The van der Waals surface area contributed by atoms with Crippen LogP contribution in [0.15, 0.2) is 35.8 Å². The summed E-state index contributed by atoms with van der Waals surface area (Å²) < 4.78 is 40.8. The van der Waals surface area contributed by atoms with Crippen molar-refractivity contribution in [1.82, 2.24) is 14.8 Å². The van der Waals surface area contributed by atoms with Crippen LogP contribution in [0.4, 0.5) is 18.9 Å². The predicted octanol–water partition coefficient (Wildman–Crippen LogP) is 3.87. The summed E-state index contributed by atoms with van der Waals surface area (Å²) in [6.07, 6.45) is -1.33. The Morgan fingerprint density at radius 3 is 2.79 bits per heavy atom. The highest BCUT2D eigenvalue weighted by Gasteiger charge is 2.22. The van der Waals surface area contributed by atoms with Crippen molar-refractivity contribution in [2.45, 2.75) is 6.43 Å². The Balaban J connectivity index is 1.86. The van der Waals surface area contributed by atoms with Gasteiger partial charge in [-0.15, -0.1) is 11.3 Å². The first-order chi connectivity index (χ1) is 11.5. The molecule has 0 saturated carbocycles. The highest BCUT2D eigenvalue weighted by molar-refractivity contribution is 7.13. The first kappa shape index (κ1) is 16.2. The summed E-state index contributed by atoms with van der Waals surface area (Å²) in [5, 5.41) is 7.77. The average Bonchev–Trinajstić information content (AvgIpc) is 3.16. The summed E-state index contributed by atoms with van der Waals surface area (Å²) in [6, 6.07) is 5.71. The number of halogens is 3. The average molecular weight is 352 g/mol. The first-order valence-electron chi connectivity index (χ1n) is 6.79. The third-order valence-electron chi connectivity index (χ3n) is 3.15. The maximum Gasteiger partial charge on any atom is 0.282 e. The van der Waals surface area contributed by atoms with Crippen molar-refractivity contribution in [3.05, 3.63) is 53.0 Å². The minimum absolute atomic E-state index is 0.0160. The van der Waals surface area contributed by atoms with Crippen LogP contribution in [0.2, 0.25) is 0 Å². The normalized spacial score (nSPS) is 11.0. The predicted molar refractivity (Wildman–Crippen MR) is 83.6 cm³/mol. The zero-order valence-electron chi connectivity index (χ0n) is 12.3. The third kappa shape index (κ3) is 3.16. The molecule has 24 heavy (non-hydrogen) atoms. The summed E-state index contributed by atoms with van der Waals surface area (Å²) >= 11 is 1.04. The minimum Gasteiger partial charge on any atom is -0.318 e. The van der Waals surface area contributed by atoms with Crippen LogP contribution in [0.25, 0.3) is 10.6 Å². The van der Waals surface area contributed by atoms with Crippen LogP contribution in [0.5, 0.6) is 0 Å². The summed E-state index contributed by atoms with van der Waals surface area (Å²) in [6.45, 7) is 0. The number of alkyl halides is 2. The molecule has 1 aromatic carbocycles. The van der Waals surface area contributed by atoms with Crippen molar-refractivity contribution in [2.75, 3.05) is 5.32 Å². The molecule has 2 aromatic heterocycles. The summed E-state index contributed by atoms with van der Waals surface area (Å²) in [7, 11) is 1.52. The van der Waals surface area contributed by atoms with Gasteiger partial charge in [-0.25, -0.2) is 18.2 Å². The maximum absolute atomic E-state index is 13.6. The standard InChI is InChI=1S/C15H11F3N4OS/c1-22-6-8(12(21-22)13(17)18)15-20-11(7-24-15)14(23)19-10-5-3-2-4-9(10)16/h2-7,13H,1H3,(H,19,23). The molecule has 3 rings (SSSR count). The summed E-state index contributed by atoms with van der Waals surface area (Å²) in [4.78, 5) is 16.2. The number of rotatable bonds is 4. The second kappa shape index (κ2) is 6.44. The van der Waals surface area contributed by atoms with E-state index in [0.717, 1.165) is 11.3 Å². The molecule has 0 aliphatic rings. The molecular weight excluding hydrogens is 341 g/mol. The van der Waals surface area contributed by atoms with Crippen LogP contribution in [-0.2, 0) is 7.05 Å². The number of hydrogen-bond acceptors (Lipinski definition) is 4. The molecule has 0 saturated heterocycles. The molecule has 3 aromatic rings. The van der Waals surface area contributed by atoms with Gasteiger partial charge in [-0.2, -0.15) is 5.10 Å². The van der Waals surface area contributed by atoms with E-state index in [1.165, 1.54) is 41.5 Å². The number of nitrogens with zero attached hydrogens (tertiary/aromatic N) is 3. The molecule has 1 amide bonds. The van der Waals surface area contributed by atoms with Gasteiger partial charge in [-0.1, -0.05) is 12.1 Å². The van der Waals surface area contributed by atoms with Gasteiger partial charge < -0.3 is 5.32 Å². The molecule has 0 bridgehead atoms. The topological polar surface area (TPSA) is 59.8 Å². The van der Waals surface area contributed by atoms with E-state index in [9.17, 15) is 18.0 Å². The quantitative estimate of drug-likeness (QED) is 0.775. The van der Waals surface area contributed by atoms with E-state index >= 15 is 0 Å². The molecule has 5 nitrogen and oxygen atoms in total. The largest absolute Gasteiger partial charge is 0.318 e. The van der Waals surface area contributed by atoms with E-state index in [-0.39, 0.29) is 22.0 Å². The number of carbonyl (C=O) groups is 1. The monoisotopic (exact) mass is 352 g/mol. The Morgan fingerprint density at radius 2 is 2.08 bits per heavy atom. The fourth-order valence-corrected chi connectivity index (χ4v) is 2.90. The number of para-hydroxylation sites is 1. The molecule has 0 aliphatic heterocycles. The summed E-state index contributed by atoms with van der Waals surface area (Å²) in [5.41, 5.74) is -0.190. The number of amides is 1. The lowest BCUT2D eigenvalue weighted by molar-refractivity contribution is 0.102. The van der Waals surface area contributed by atoms with E-state index in [4.69, 9.17) is 0 Å². The van der Waals surface area contributed by atoms with Crippen molar-refractivity contribution in [1.29, 1.82) is 0 Å². The second-order valence-corrected chi connectivity index (χ2v) is 5.73. The Hall–Kier alpha value is -2.68. The fourth-order valence-electron chi connectivity index (χ4n) is 2.08. The van der Waals surface area contributed by atoms with Crippen molar-refractivity contribution in [3.8, 4) is 10.6 Å². The molecule has 0 spiro atoms. The molecule has 1 N–H and O–H groups in total. The number of hydrogen-bond donors (Lipinski definition) is 1. The van der Waals surface area contributed by atoms with Crippen molar-refractivity contribution >= 4 is 22.9 Å². The maximum atomic E-state index is 13.6. The van der Waals surface area contributed by atoms with Crippen LogP contribution in [-0.4, -0.2) is 20.7 Å². The lowest BCUT2D eigenvalue weighted by Gasteiger charge is -2.03. The molecule has 0 unspecified atom stereocenters. The number of anilines is 1. The van der Waals surface area contributed by atoms with Gasteiger partial charge in [0.2, 0.25) is 0 Å². The Kier molecular flexibility index (Phi) is 4.34. The van der Waals surface area contributed by atoms with Crippen LogP contribution >= 0.6 is 11.3 Å². The van der Waals surface area contributed by atoms with Gasteiger partial charge in [0.25, 0.3) is 12.3 Å². The number of benzene rings is 1. The van der Waals surface area contributed by atoms with Gasteiger partial charge in [-0.05, 0) is 12.1 Å². The number of thiazole rings is 1. The van der Waals surface area contributed by atoms with Gasteiger partial charge in [-0.3, -0.25) is 9.48 Å². The lowest BCUT2D eigenvalue weighted by atomic mass is 10.2. The molecule has 0 atom stereocenters. The van der Waals surface area contributed by atoms with Gasteiger partial charge in [0.05, 0.1) is 11.3 Å². The van der Waals surface area contributed by atoms with Crippen LogP contribution in [0.3, 0.4) is 0 Å². The number of nitrogens with one attached hydrogen (secondary N) is 1. The van der Waals surface area contributed by atoms with Gasteiger partial charge in [0, 0.05) is 18.6 Å². The van der Waals surface area contributed by atoms with Gasteiger partial charge in [0.15, 0.2) is 0 Å². The minimum atomic E-state index is -2.75. The molecule has 2 heterocycles. The van der Waals surface area contributed by atoms with E-state index in [0.29, 0.717) is 0 Å². The van der Waals surface area contributed by atoms with Crippen LogP contribution < -0.4 is 5.32 Å². The zero-order chi connectivity index (χ0) is 17.3. The summed E-state index contributed by atoms with van der Waals surface area (Å²) in [5.74, 6) is -1.20. The highest BCUT2D eigenvalue weighted by Crippen LogP contribution is 2.32. The molecule has 0 radical (unpaired) electrons. The molecule has 0 aliphatic carbocycles. The van der Waals surface area contributed by atoms with Gasteiger partial charge >= 0.3 is 0 Å². The Labute approximate surface area is 138 Å². The van der Waals surface area contributed by atoms with Crippen LogP contribution in [0.1, 0.15) is 22.6 Å². The lowest BCUT2D eigenvalue weighted by Crippen LogP contribution is -2.13. The molecule has 124 valence electrons. The number of aromatic nitrogens is 3. The van der Waals surface area contributed by atoms with E-state index in [1.54, 1.807) is 6.07 Å².